The van der Waals surface area contributed by atoms with E-state index in [0.29, 0.717) is 13.0 Å². The Morgan fingerprint density at radius 3 is 2.31 bits per heavy atom. The molecule has 0 unspecified atom stereocenters. The van der Waals surface area contributed by atoms with E-state index >= 15 is 0 Å². The lowest BCUT2D eigenvalue weighted by atomic mass is 9.88. The average molecular weight is 486 g/mol. The third-order valence-corrected chi connectivity index (χ3v) is 7.63. The van der Waals surface area contributed by atoms with Crippen molar-refractivity contribution in [2.24, 2.45) is 0 Å². The Balaban J connectivity index is 1.44. The number of aromatic nitrogens is 1. The van der Waals surface area contributed by atoms with Gasteiger partial charge in [0, 0.05) is 38.5 Å². The molecule has 35 heavy (non-hydrogen) atoms. The maximum Gasteiger partial charge on any atom is 0.229 e. The first-order valence-electron chi connectivity index (χ1n) is 12.2. The van der Waals surface area contributed by atoms with Crippen LogP contribution in [0.4, 0.5) is 5.13 Å². The molecular weight excluding hydrogens is 454 g/mol. The smallest absolute Gasteiger partial charge is 0.229 e. The summed E-state index contributed by atoms with van der Waals surface area (Å²) in [6.07, 6.45) is 0.395. The Morgan fingerprint density at radius 1 is 1.00 bits per heavy atom. The van der Waals surface area contributed by atoms with Gasteiger partial charge in [0.1, 0.15) is 0 Å². The predicted octanol–water partition coefficient (Wildman–Crippen LogP) is 5.49. The van der Waals surface area contributed by atoms with E-state index in [0.717, 1.165) is 59.3 Å². The second kappa shape index (κ2) is 11.1. The zero-order valence-electron chi connectivity index (χ0n) is 20.1. The monoisotopic (exact) mass is 485 g/mol. The van der Waals surface area contributed by atoms with E-state index in [2.05, 4.69) is 48.2 Å². The van der Waals surface area contributed by atoms with E-state index in [1.54, 1.807) is 11.3 Å². The molecule has 0 bridgehead atoms. The van der Waals surface area contributed by atoms with Crippen molar-refractivity contribution in [2.45, 2.75) is 19.3 Å². The van der Waals surface area contributed by atoms with E-state index in [9.17, 15) is 4.79 Å². The lowest BCUT2D eigenvalue weighted by molar-refractivity contribution is -0.118. The van der Waals surface area contributed by atoms with Crippen LogP contribution in [-0.2, 0) is 9.53 Å². The van der Waals surface area contributed by atoms with Crippen LogP contribution in [0.1, 0.15) is 29.0 Å². The van der Waals surface area contributed by atoms with Gasteiger partial charge in [-0.05, 0) is 35.7 Å². The molecule has 180 valence electrons. The Hall–Kier alpha value is -3.06. The maximum atomic E-state index is 14.0. The zero-order valence-corrected chi connectivity index (χ0v) is 20.9. The summed E-state index contributed by atoms with van der Waals surface area (Å²) in [6.45, 7) is 6.82. The molecule has 6 heteroatoms. The van der Waals surface area contributed by atoms with Crippen molar-refractivity contribution < 1.29 is 9.53 Å². The molecule has 0 radical (unpaired) electrons. The second-order valence-corrected chi connectivity index (χ2v) is 10.1. The lowest BCUT2D eigenvalue weighted by Gasteiger charge is -2.30. The summed E-state index contributed by atoms with van der Waals surface area (Å²) in [4.78, 5) is 23.1. The SMILES string of the molecule is Cc1ccc2nc(N(CCN3CCOCC3)C(=O)CC(c3ccccc3)c3ccccc3)sc2c1. The molecule has 1 amide bonds. The summed E-state index contributed by atoms with van der Waals surface area (Å²) in [7, 11) is 0. The summed E-state index contributed by atoms with van der Waals surface area (Å²) in [6, 6.07) is 26.9. The number of anilines is 1. The van der Waals surface area contributed by atoms with Crippen molar-refractivity contribution >= 4 is 32.6 Å². The van der Waals surface area contributed by atoms with Gasteiger partial charge in [0.15, 0.2) is 5.13 Å². The molecule has 1 aromatic heterocycles. The first kappa shape index (κ1) is 23.7. The fourth-order valence-electron chi connectivity index (χ4n) is 4.61. The topological polar surface area (TPSA) is 45.7 Å². The van der Waals surface area contributed by atoms with Crippen molar-refractivity contribution in [3.63, 3.8) is 0 Å². The molecule has 5 rings (SSSR count). The predicted molar refractivity (Wildman–Crippen MR) is 143 cm³/mol. The van der Waals surface area contributed by atoms with Crippen LogP contribution in [0.2, 0.25) is 0 Å². The number of nitrogens with zero attached hydrogens (tertiary/aromatic N) is 3. The van der Waals surface area contributed by atoms with Gasteiger partial charge in [-0.25, -0.2) is 4.98 Å². The molecule has 2 heterocycles. The molecule has 0 aliphatic carbocycles. The molecule has 0 saturated carbocycles. The summed E-state index contributed by atoms with van der Waals surface area (Å²) in [5, 5.41) is 0.781. The van der Waals surface area contributed by atoms with E-state index in [-0.39, 0.29) is 11.8 Å². The number of aryl methyl sites for hydroxylation is 1. The molecule has 5 nitrogen and oxygen atoms in total. The van der Waals surface area contributed by atoms with Crippen molar-refractivity contribution in [3.8, 4) is 0 Å². The number of carbonyl (C=O) groups is 1. The van der Waals surface area contributed by atoms with Crippen molar-refractivity contribution in [2.75, 3.05) is 44.3 Å². The average Bonchev–Trinajstić information content (AvgIpc) is 3.32. The molecule has 1 aliphatic rings. The number of rotatable bonds is 8. The first-order valence-corrected chi connectivity index (χ1v) is 13.1. The van der Waals surface area contributed by atoms with Gasteiger partial charge in [0.2, 0.25) is 5.91 Å². The van der Waals surface area contributed by atoms with E-state index in [1.807, 2.05) is 47.4 Å². The number of hydrogen-bond donors (Lipinski definition) is 0. The van der Waals surface area contributed by atoms with Crippen LogP contribution in [0.25, 0.3) is 10.2 Å². The number of amides is 1. The summed E-state index contributed by atoms with van der Waals surface area (Å²) in [5.74, 6) is 0.0964. The summed E-state index contributed by atoms with van der Waals surface area (Å²) >= 11 is 1.60. The lowest BCUT2D eigenvalue weighted by Crippen LogP contribution is -2.43. The first-order chi connectivity index (χ1) is 17.2. The highest BCUT2D eigenvalue weighted by atomic mass is 32.1. The maximum absolute atomic E-state index is 14.0. The number of carbonyl (C=O) groups excluding carboxylic acids is 1. The minimum atomic E-state index is -0.00703. The quantitative estimate of drug-likeness (QED) is 0.331. The zero-order chi connectivity index (χ0) is 24.0. The van der Waals surface area contributed by atoms with Crippen LogP contribution < -0.4 is 4.90 Å². The van der Waals surface area contributed by atoms with E-state index in [1.165, 1.54) is 5.56 Å². The number of hydrogen-bond acceptors (Lipinski definition) is 5. The van der Waals surface area contributed by atoms with Crippen LogP contribution in [0, 0.1) is 6.92 Å². The van der Waals surface area contributed by atoms with E-state index < -0.39 is 0 Å². The highest BCUT2D eigenvalue weighted by Gasteiger charge is 2.26. The van der Waals surface area contributed by atoms with Gasteiger partial charge in [-0.2, -0.15) is 0 Å². The number of thiazole rings is 1. The van der Waals surface area contributed by atoms with Gasteiger partial charge in [-0.1, -0.05) is 78.1 Å². The van der Waals surface area contributed by atoms with Gasteiger partial charge >= 0.3 is 0 Å². The van der Waals surface area contributed by atoms with Crippen LogP contribution >= 0.6 is 11.3 Å². The van der Waals surface area contributed by atoms with Crippen LogP contribution in [0.3, 0.4) is 0 Å². The molecule has 0 N–H and O–H groups in total. The molecule has 1 fully saturated rings. The Bertz CT molecular complexity index is 1210. The molecule has 4 aromatic rings. The van der Waals surface area contributed by atoms with Gasteiger partial charge in [-0.3, -0.25) is 14.6 Å². The summed E-state index contributed by atoms with van der Waals surface area (Å²) in [5.41, 5.74) is 4.45. The van der Waals surface area contributed by atoms with Gasteiger partial charge in [-0.15, -0.1) is 0 Å². The third kappa shape index (κ3) is 5.78. The number of morpholine rings is 1. The normalized spacial score (nSPS) is 14.5. The molecule has 1 saturated heterocycles. The third-order valence-electron chi connectivity index (χ3n) is 6.59. The molecule has 3 aromatic carbocycles. The van der Waals surface area contributed by atoms with Crippen LogP contribution in [0.5, 0.6) is 0 Å². The standard InChI is InChI=1S/C29H31N3O2S/c1-22-12-13-26-27(20-22)35-29(30-26)32(15-14-31-16-18-34-19-17-31)28(33)21-25(23-8-4-2-5-9-23)24-10-6-3-7-11-24/h2-13,20,25H,14-19,21H2,1H3. The molecular formula is C29H31N3O2S. The van der Waals surface area contributed by atoms with Gasteiger partial charge in [0.25, 0.3) is 0 Å². The van der Waals surface area contributed by atoms with Crippen molar-refractivity contribution in [3.05, 3.63) is 95.6 Å². The van der Waals surface area contributed by atoms with Gasteiger partial charge < -0.3 is 4.74 Å². The molecule has 1 aliphatic heterocycles. The number of ether oxygens (including phenoxy) is 1. The van der Waals surface area contributed by atoms with Crippen LogP contribution in [0.15, 0.2) is 78.9 Å². The minimum absolute atomic E-state index is 0.00703. The Labute approximate surface area is 211 Å². The number of fused-ring (bicyclic) bond motifs is 1. The highest BCUT2D eigenvalue weighted by molar-refractivity contribution is 7.22. The van der Waals surface area contributed by atoms with Crippen molar-refractivity contribution in [1.82, 2.24) is 9.88 Å². The van der Waals surface area contributed by atoms with E-state index in [4.69, 9.17) is 9.72 Å². The fourth-order valence-corrected chi connectivity index (χ4v) is 5.72. The Morgan fingerprint density at radius 2 is 1.66 bits per heavy atom. The highest BCUT2D eigenvalue weighted by Crippen LogP contribution is 2.33. The second-order valence-electron chi connectivity index (χ2n) is 9.05. The molecule has 0 atom stereocenters. The Kier molecular flexibility index (Phi) is 7.52. The largest absolute Gasteiger partial charge is 0.379 e. The van der Waals surface area contributed by atoms with Gasteiger partial charge in [0.05, 0.1) is 23.4 Å². The van der Waals surface area contributed by atoms with Crippen LogP contribution in [-0.4, -0.2) is 55.2 Å². The number of benzene rings is 3. The summed E-state index contributed by atoms with van der Waals surface area (Å²) < 4.78 is 6.63. The fraction of sp³-hybridized carbons (Fsp3) is 0.310. The van der Waals surface area contributed by atoms with Crippen molar-refractivity contribution in [1.29, 1.82) is 0 Å². The molecule has 0 spiro atoms. The minimum Gasteiger partial charge on any atom is -0.379 e.